The zero-order valence-electron chi connectivity index (χ0n) is 11.3. The maximum absolute atomic E-state index is 11.6. The summed E-state index contributed by atoms with van der Waals surface area (Å²) in [5, 5.41) is 12.3. The molecule has 0 saturated carbocycles. The highest BCUT2D eigenvalue weighted by Gasteiger charge is 2.13. The lowest BCUT2D eigenvalue weighted by Crippen LogP contribution is -2.38. The number of carbonyl (C=O) groups excluding carboxylic acids is 1. The molecule has 106 valence electrons. The summed E-state index contributed by atoms with van der Waals surface area (Å²) in [5.74, 6) is -1.24. The SMILES string of the molecule is C[C@@H](NC(=O)CCCc1c[nH]c2ccccc12)C(=O)O. The first kappa shape index (κ1) is 14.1. The van der Waals surface area contributed by atoms with Crippen LogP contribution in [0.5, 0.6) is 0 Å². The molecule has 0 bridgehead atoms. The fraction of sp³-hybridized carbons (Fsp3) is 0.333. The van der Waals surface area contributed by atoms with Crippen molar-refractivity contribution in [2.75, 3.05) is 0 Å². The molecule has 0 radical (unpaired) electrons. The van der Waals surface area contributed by atoms with E-state index in [1.807, 2.05) is 30.5 Å². The number of benzene rings is 1. The van der Waals surface area contributed by atoms with Gasteiger partial charge in [-0.2, -0.15) is 0 Å². The molecule has 0 spiro atoms. The first-order valence-corrected chi connectivity index (χ1v) is 6.65. The highest BCUT2D eigenvalue weighted by molar-refractivity contribution is 5.84. The van der Waals surface area contributed by atoms with Gasteiger partial charge >= 0.3 is 5.97 Å². The number of nitrogens with one attached hydrogen (secondary N) is 2. The van der Waals surface area contributed by atoms with E-state index in [0.29, 0.717) is 12.8 Å². The zero-order chi connectivity index (χ0) is 14.5. The molecule has 0 aliphatic carbocycles. The van der Waals surface area contributed by atoms with Gasteiger partial charge in [0.1, 0.15) is 6.04 Å². The third-order valence-corrected chi connectivity index (χ3v) is 3.27. The molecular formula is C15H18N2O3. The van der Waals surface area contributed by atoms with Crippen LogP contribution in [0.15, 0.2) is 30.5 Å². The Morgan fingerprint density at radius 2 is 2.10 bits per heavy atom. The number of rotatable bonds is 6. The molecule has 3 N–H and O–H groups in total. The van der Waals surface area contributed by atoms with Gasteiger partial charge in [0, 0.05) is 23.5 Å². The standard InChI is InChI=1S/C15H18N2O3/c1-10(15(19)20)17-14(18)8-4-5-11-9-16-13-7-3-2-6-12(11)13/h2-3,6-7,9-10,16H,4-5,8H2,1H3,(H,17,18)(H,19,20)/t10-/m1/s1. The summed E-state index contributed by atoms with van der Waals surface area (Å²) in [4.78, 5) is 25.4. The summed E-state index contributed by atoms with van der Waals surface area (Å²) in [7, 11) is 0. The Hall–Kier alpha value is -2.30. The van der Waals surface area contributed by atoms with Crippen LogP contribution in [0.4, 0.5) is 0 Å². The van der Waals surface area contributed by atoms with Crippen LogP contribution >= 0.6 is 0 Å². The third-order valence-electron chi connectivity index (χ3n) is 3.27. The van der Waals surface area contributed by atoms with Crippen molar-refractivity contribution in [3.63, 3.8) is 0 Å². The molecule has 1 amide bonds. The Labute approximate surface area is 117 Å². The van der Waals surface area contributed by atoms with Gasteiger partial charge < -0.3 is 15.4 Å². The highest BCUT2D eigenvalue weighted by Crippen LogP contribution is 2.19. The van der Waals surface area contributed by atoms with Gasteiger partial charge in [-0.3, -0.25) is 9.59 Å². The number of amides is 1. The van der Waals surface area contributed by atoms with E-state index in [0.717, 1.165) is 11.9 Å². The van der Waals surface area contributed by atoms with Gasteiger partial charge in [-0.05, 0) is 31.4 Å². The fourth-order valence-electron chi connectivity index (χ4n) is 2.15. The predicted molar refractivity (Wildman–Crippen MR) is 76.5 cm³/mol. The smallest absolute Gasteiger partial charge is 0.325 e. The topological polar surface area (TPSA) is 82.2 Å². The Balaban J connectivity index is 1.84. The van der Waals surface area contributed by atoms with E-state index in [-0.39, 0.29) is 5.91 Å². The van der Waals surface area contributed by atoms with Crippen molar-refractivity contribution in [3.05, 3.63) is 36.0 Å². The Kier molecular flexibility index (Phi) is 4.40. The monoisotopic (exact) mass is 274 g/mol. The van der Waals surface area contributed by atoms with Crippen LogP contribution in [0.3, 0.4) is 0 Å². The number of carbonyl (C=O) groups is 2. The maximum atomic E-state index is 11.6. The first-order chi connectivity index (χ1) is 9.58. The van der Waals surface area contributed by atoms with Gasteiger partial charge in [0.2, 0.25) is 5.91 Å². The van der Waals surface area contributed by atoms with Crippen LogP contribution in [-0.4, -0.2) is 28.0 Å². The van der Waals surface area contributed by atoms with E-state index >= 15 is 0 Å². The van der Waals surface area contributed by atoms with Crippen LogP contribution < -0.4 is 5.32 Å². The quantitative estimate of drug-likeness (QED) is 0.754. The largest absolute Gasteiger partial charge is 0.480 e. The molecule has 20 heavy (non-hydrogen) atoms. The minimum absolute atomic E-state index is 0.222. The number of aromatic nitrogens is 1. The van der Waals surface area contributed by atoms with E-state index in [1.54, 1.807) is 0 Å². The van der Waals surface area contributed by atoms with Crippen molar-refractivity contribution in [1.29, 1.82) is 0 Å². The average Bonchev–Trinajstić information content (AvgIpc) is 2.82. The van der Waals surface area contributed by atoms with Crippen molar-refractivity contribution >= 4 is 22.8 Å². The number of aliphatic carboxylic acids is 1. The van der Waals surface area contributed by atoms with Crippen LogP contribution in [0.25, 0.3) is 10.9 Å². The molecule has 1 atom stereocenters. The summed E-state index contributed by atoms with van der Waals surface area (Å²) in [6.07, 6.45) is 3.78. The Bertz CT molecular complexity index is 618. The molecule has 1 aromatic heterocycles. The molecule has 0 saturated heterocycles. The lowest BCUT2D eigenvalue weighted by molar-refractivity contribution is -0.141. The molecule has 1 aromatic carbocycles. The van der Waals surface area contributed by atoms with Gasteiger partial charge in [0.05, 0.1) is 0 Å². The first-order valence-electron chi connectivity index (χ1n) is 6.65. The lowest BCUT2D eigenvalue weighted by Gasteiger charge is -2.08. The number of aromatic amines is 1. The second kappa shape index (κ2) is 6.23. The van der Waals surface area contributed by atoms with Gasteiger partial charge in [-0.15, -0.1) is 0 Å². The summed E-state index contributed by atoms with van der Waals surface area (Å²) in [6.45, 7) is 1.46. The summed E-state index contributed by atoms with van der Waals surface area (Å²) >= 11 is 0. The normalized spacial score (nSPS) is 12.2. The molecule has 1 heterocycles. The number of hydrogen-bond donors (Lipinski definition) is 3. The van der Waals surface area contributed by atoms with Gasteiger partial charge in [0.25, 0.3) is 0 Å². The number of H-pyrrole nitrogens is 1. The number of fused-ring (bicyclic) bond motifs is 1. The third kappa shape index (κ3) is 3.38. The van der Waals surface area contributed by atoms with Crippen molar-refractivity contribution in [1.82, 2.24) is 10.3 Å². The minimum Gasteiger partial charge on any atom is -0.480 e. The molecular weight excluding hydrogens is 256 g/mol. The Morgan fingerprint density at radius 1 is 1.35 bits per heavy atom. The van der Waals surface area contributed by atoms with Crippen LogP contribution in [-0.2, 0) is 16.0 Å². The van der Waals surface area contributed by atoms with Crippen LogP contribution in [0.1, 0.15) is 25.3 Å². The molecule has 0 aliphatic heterocycles. The molecule has 5 heteroatoms. The lowest BCUT2D eigenvalue weighted by atomic mass is 10.1. The van der Waals surface area contributed by atoms with E-state index in [9.17, 15) is 9.59 Å². The minimum atomic E-state index is -1.02. The molecule has 5 nitrogen and oxygen atoms in total. The van der Waals surface area contributed by atoms with E-state index < -0.39 is 12.0 Å². The van der Waals surface area contributed by atoms with E-state index in [4.69, 9.17) is 5.11 Å². The number of aryl methyl sites for hydroxylation is 1. The number of carboxylic acid groups (broad SMARTS) is 1. The summed E-state index contributed by atoms with van der Waals surface area (Å²) in [5.41, 5.74) is 2.27. The van der Waals surface area contributed by atoms with Gasteiger partial charge in [0.15, 0.2) is 0 Å². The second-order valence-electron chi connectivity index (χ2n) is 4.84. The zero-order valence-corrected chi connectivity index (χ0v) is 11.3. The van der Waals surface area contributed by atoms with Crippen molar-refractivity contribution in [2.45, 2.75) is 32.2 Å². The summed E-state index contributed by atoms with van der Waals surface area (Å²) < 4.78 is 0. The average molecular weight is 274 g/mol. The Morgan fingerprint density at radius 3 is 2.85 bits per heavy atom. The number of carboxylic acids is 1. The van der Waals surface area contributed by atoms with E-state index in [2.05, 4.69) is 10.3 Å². The van der Waals surface area contributed by atoms with Gasteiger partial charge in [-0.1, -0.05) is 18.2 Å². The highest BCUT2D eigenvalue weighted by atomic mass is 16.4. The molecule has 0 fully saturated rings. The van der Waals surface area contributed by atoms with E-state index in [1.165, 1.54) is 17.9 Å². The molecule has 0 aliphatic rings. The van der Waals surface area contributed by atoms with Crippen LogP contribution in [0.2, 0.25) is 0 Å². The maximum Gasteiger partial charge on any atom is 0.325 e. The van der Waals surface area contributed by atoms with Gasteiger partial charge in [-0.25, -0.2) is 0 Å². The van der Waals surface area contributed by atoms with Crippen molar-refractivity contribution < 1.29 is 14.7 Å². The fourth-order valence-corrected chi connectivity index (χ4v) is 2.15. The molecule has 0 unspecified atom stereocenters. The number of para-hydroxylation sites is 1. The van der Waals surface area contributed by atoms with Crippen molar-refractivity contribution in [2.24, 2.45) is 0 Å². The molecule has 2 aromatic rings. The predicted octanol–water partition coefficient (Wildman–Crippen LogP) is 2.08. The van der Waals surface area contributed by atoms with Crippen molar-refractivity contribution in [3.8, 4) is 0 Å². The number of hydrogen-bond acceptors (Lipinski definition) is 2. The molecule has 2 rings (SSSR count). The summed E-state index contributed by atoms with van der Waals surface area (Å²) in [6, 6.07) is 7.19. The second-order valence-corrected chi connectivity index (χ2v) is 4.84. The van der Waals surface area contributed by atoms with Crippen LogP contribution in [0, 0.1) is 0 Å².